The third-order valence-corrected chi connectivity index (χ3v) is 2.51. The molecule has 0 amide bonds. The molecule has 0 unspecified atom stereocenters. The second kappa shape index (κ2) is 4.17. The molecule has 0 aliphatic rings. The van der Waals surface area contributed by atoms with Gasteiger partial charge in [0.25, 0.3) is 5.56 Å². The van der Waals surface area contributed by atoms with Crippen molar-refractivity contribution in [3.8, 4) is 11.3 Å². The molecule has 17 heavy (non-hydrogen) atoms. The number of benzene rings is 1. The van der Waals surface area contributed by atoms with Crippen LogP contribution in [0.25, 0.3) is 11.3 Å². The highest BCUT2D eigenvalue weighted by atomic mass is 16.1. The van der Waals surface area contributed by atoms with Crippen LogP contribution < -0.4 is 5.56 Å². The Labute approximate surface area is 101 Å². The van der Waals surface area contributed by atoms with E-state index in [4.69, 9.17) is 0 Å². The normalized spacial score (nSPS) is 11.5. The van der Waals surface area contributed by atoms with Crippen molar-refractivity contribution in [1.82, 2.24) is 9.78 Å². The van der Waals surface area contributed by atoms with E-state index in [1.807, 2.05) is 51.1 Å². The zero-order chi connectivity index (χ0) is 12.5. The molecular weight excluding hydrogens is 212 g/mol. The molecule has 1 aromatic heterocycles. The molecule has 3 nitrogen and oxygen atoms in total. The van der Waals surface area contributed by atoms with Crippen LogP contribution in [0.1, 0.15) is 20.8 Å². The molecule has 0 aliphatic heterocycles. The minimum absolute atomic E-state index is 0.0721. The van der Waals surface area contributed by atoms with Crippen LogP contribution >= 0.6 is 0 Å². The van der Waals surface area contributed by atoms with Crippen molar-refractivity contribution in [2.45, 2.75) is 26.3 Å². The van der Waals surface area contributed by atoms with Crippen LogP contribution in [-0.2, 0) is 5.54 Å². The maximum absolute atomic E-state index is 11.7. The van der Waals surface area contributed by atoms with Crippen molar-refractivity contribution in [3.63, 3.8) is 0 Å². The van der Waals surface area contributed by atoms with Crippen molar-refractivity contribution in [2.24, 2.45) is 0 Å². The van der Waals surface area contributed by atoms with Gasteiger partial charge in [-0.25, -0.2) is 4.68 Å². The molecule has 0 radical (unpaired) electrons. The maximum Gasteiger partial charge on any atom is 0.267 e. The van der Waals surface area contributed by atoms with Gasteiger partial charge in [-0.1, -0.05) is 30.3 Å². The van der Waals surface area contributed by atoms with Gasteiger partial charge in [0.2, 0.25) is 0 Å². The second-order valence-electron chi connectivity index (χ2n) is 5.01. The van der Waals surface area contributed by atoms with E-state index in [2.05, 4.69) is 5.10 Å². The first kappa shape index (κ1) is 11.6. The molecule has 0 spiro atoms. The van der Waals surface area contributed by atoms with Crippen LogP contribution in [0.3, 0.4) is 0 Å². The molecular formula is C14H16N2O. The van der Waals surface area contributed by atoms with Crippen molar-refractivity contribution in [3.05, 3.63) is 52.8 Å². The van der Waals surface area contributed by atoms with Crippen molar-refractivity contribution < 1.29 is 0 Å². The molecule has 1 aromatic carbocycles. The third-order valence-electron chi connectivity index (χ3n) is 2.51. The minimum Gasteiger partial charge on any atom is -0.268 e. The molecule has 0 atom stereocenters. The predicted octanol–water partition coefficient (Wildman–Crippen LogP) is 2.67. The highest BCUT2D eigenvalue weighted by Gasteiger charge is 2.16. The van der Waals surface area contributed by atoms with E-state index in [-0.39, 0.29) is 11.1 Å². The van der Waals surface area contributed by atoms with Gasteiger partial charge in [0.1, 0.15) is 0 Å². The Morgan fingerprint density at radius 3 is 2.24 bits per heavy atom. The van der Waals surface area contributed by atoms with E-state index in [9.17, 15) is 4.79 Å². The quantitative estimate of drug-likeness (QED) is 0.752. The lowest BCUT2D eigenvalue weighted by atomic mass is 10.1. The summed E-state index contributed by atoms with van der Waals surface area (Å²) < 4.78 is 1.52. The van der Waals surface area contributed by atoms with Gasteiger partial charge >= 0.3 is 0 Å². The molecule has 88 valence electrons. The van der Waals surface area contributed by atoms with Gasteiger partial charge in [-0.3, -0.25) is 4.79 Å². The molecule has 0 fully saturated rings. The number of aromatic nitrogens is 2. The third kappa shape index (κ3) is 2.44. The summed E-state index contributed by atoms with van der Waals surface area (Å²) in [6.45, 7) is 5.91. The van der Waals surface area contributed by atoms with Gasteiger partial charge in [-0.15, -0.1) is 0 Å². The van der Waals surface area contributed by atoms with Gasteiger partial charge in [0, 0.05) is 11.6 Å². The summed E-state index contributed by atoms with van der Waals surface area (Å²) in [7, 11) is 0. The molecule has 1 heterocycles. The Balaban J connectivity index is 2.57. The Morgan fingerprint density at radius 1 is 1.00 bits per heavy atom. The van der Waals surface area contributed by atoms with Crippen molar-refractivity contribution >= 4 is 0 Å². The lowest BCUT2D eigenvalue weighted by Gasteiger charge is -2.21. The van der Waals surface area contributed by atoms with Crippen molar-refractivity contribution in [2.75, 3.05) is 0 Å². The van der Waals surface area contributed by atoms with Crippen LogP contribution in [0.15, 0.2) is 47.3 Å². The Morgan fingerprint density at radius 2 is 1.65 bits per heavy atom. The van der Waals surface area contributed by atoms with Gasteiger partial charge in [0.05, 0.1) is 11.2 Å². The fourth-order valence-electron chi connectivity index (χ4n) is 1.65. The number of hydrogen-bond acceptors (Lipinski definition) is 2. The van der Waals surface area contributed by atoms with Gasteiger partial charge in [-0.2, -0.15) is 5.10 Å². The molecule has 2 rings (SSSR count). The smallest absolute Gasteiger partial charge is 0.267 e. The fraction of sp³-hybridized carbons (Fsp3) is 0.286. The highest BCUT2D eigenvalue weighted by molar-refractivity contribution is 5.57. The largest absolute Gasteiger partial charge is 0.268 e. The SMILES string of the molecule is CC(C)(C)n1nc(-c2ccccc2)ccc1=O. The van der Waals surface area contributed by atoms with Gasteiger partial charge in [0.15, 0.2) is 0 Å². The average molecular weight is 228 g/mol. The van der Waals surface area contributed by atoms with E-state index in [0.29, 0.717) is 0 Å². The first-order valence-corrected chi connectivity index (χ1v) is 5.65. The fourth-order valence-corrected chi connectivity index (χ4v) is 1.65. The average Bonchev–Trinajstić information content (AvgIpc) is 2.29. The summed E-state index contributed by atoms with van der Waals surface area (Å²) in [5.74, 6) is 0. The molecule has 0 bridgehead atoms. The Bertz CT molecular complexity index is 565. The van der Waals surface area contributed by atoms with Crippen LogP contribution in [0, 0.1) is 0 Å². The van der Waals surface area contributed by atoms with Gasteiger partial charge in [-0.05, 0) is 26.8 Å². The second-order valence-corrected chi connectivity index (χ2v) is 5.01. The summed E-state index contributed by atoms with van der Waals surface area (Å²) in [6.07, 6.45) is 0. The zero-order valence-corrected chi connectivity index (χ0v) is 10.3. The first-order chi connectivity index (χ1) is 7.98. The summed E-state index contributed by atoms with van der Waals surface area (Å²) in [6, 6.07) is 13.2. The molecule has 2 aromatic rings. The maximum atomic E-state index is 11.7. The van der Waals surface area contributed by atoms with E-state index < -0.39 is 0 Å². The van der Waals surface area contributed by atoms with E-state index in [0.717, 1.165) is 11.3 Å². The molecule has 0 N–H and O–H groups in total. The summed E-state index contributed by atoms with van der Waals surface area (Å²) in [5, 5.41) is 4.42. The monoisotopic (exact) mass is 228 g/mol. The number of hydrogen-bond donors (Lipinski definition) is 0. The molecule has 0 saturated carbocycles. The van der Waals surface area contributed by atoms with Crippen molar-refractivity contribution in [1.29, 1.82) is 0 Å². The Hall–Kier alpha value is -1.90. The Kier molecular flexibility index (Phi) is 2.84. The van der Waals surface area contributed by atoms with Crippen LogP contribution in [0.5, 0.6) is 0 Å². The van der Waals surface area contributed by atoms with E-state index >= 15 is 0 Å². The number of rotatable bonds is 1. The lowest BCUT2D eigenvalue weighted by Crippen LogP contribution is -2.35. The predicted molar refractivity (Wildman–Crippen MR) is 68.9 cm³/mol. The zero-order valence-electron chi connectivity index (χ0n) is 10.3. The summed E-state index contributed by atoms with van der Waals surface area (Å²) in [5.41, 5.74) is 1.46. The minimum atomic E-state index is -0.304. The molecule has 0 aliphatic carbocycles. The highest BCUT2D eigenvalue weighted by Crippen LogP contribution is 2.16. The van der Waals surface area contributed by atoms with E-state index in [1.54, 1.807) is 12.1 Å². The summed E-state index contributed by atoms with van der Waals surface area (Å²) >= 11 is 0. The first-order valence-electron chi connectivity index (χ1n) is 5.65. The van der Waals surface area contributed by atoms with Crippen LogP contribution in [-0.4, -0.2) is 9.78 Å². The molecule has 0 saturated heterocycles. The van der Waals surface area contributed by atoms with Crippen LogP contribution in [0.2, 0.25) is 0 Å². The summed E-state index contributed by atoms with van der Waals surface area (Å²) in [4.78, 5) is 11.7. The van der Waals surface area contributed by atoms with E-state index in [1.165, 1.54) is 4.68 Å². The standard InChI is InChI=1S/C14H16N2O/c1-14(2,3)16-13(17)10-9-12(15-16)11-7-5-4-6-8-11/h4-10H,1-3H3. The number of nitrogens with zero attached hydrogens (tertiary/aromatic N) is 2. The van der Waals surface area contributed by atoms with Crippen LogP contribution in [0.4, 0.5) is 0 Å². The topological polar surface area (TPSA) is 34.9 Å². The lowest BCUT2D eigenvalue weighted by molar-refractivity contribution is 0.339. The molecule has 3 heteroatoms. The van der Waals surface area contributed by atoms with Gasteiger partial charge < -0.3 is 0 Å².